The molecule has 3 heterocycles. The second-order valence-corrected chi connectivity index (χ2v) is 10.7. The number of rotatable bonds is 0. The Kier molecular flexibility index (Phi) is 2.81. The van der Waals surface area contributed by atoms with E-state index in [1.807, 2.05) is 6.20 Å². The third-order valence-corrected chi connectivity index (χ3v) is 7.49. The Hall–Kier alpha value is -2.42. The van der Waals surface area contributed by atoms with Crippen molar-refractivity contribution in [2.24, 2.45) is 0 Å². The lowest BCUT2D eigenvalue weighted by Crippen LogP contribution is -2.17. The van der Waals surface area contributed by atoms with Crippen molar-refractivity contribution in [2.75, 3.05) is 0 Å². The molecule has 6 rings (SSSR count). The molecule has 142 valence electrons. The van der Waals surface area contributed by atoms with Crippen LogP contribution in [-0.4, -0.2) is 14.4 Å². The highest BCUT2D eigenvalue weighted by Crippen LogP contribution is 2.60. The molecule has 0 spiro atoms. The van der Waals surface area contributed by atoms with Crippen molar-refractivity contribution >= 4 is 27.5 Å². The van der Waals surface area contributed by atoms with E-state index in [4.69, 9.17) is 9.97 Å². The van der Waals surface area contributed by atoms with E-state index < -0.39 is 0 Å². The van der Waals surface area contributed by atoms with E-state index in [2.05, 4.69) is 69.5 Å². The number of imidazole rings is 1. The van der Waals surface area contributed by atoms with E-state index in [1.165, 1.54) is 35.7 Å². The van der Waals surface area contributed by atoms with Gasteiger partial charge < -0.3 is 0 Å². The lowest BCUT2D eigenvalue weighted by Gasteiger charge is -2.26. The van der Waals surface area contributed by atoms with E-state index in [0.717, 1.165) is 22.2 Å². The number of nitrogens with zero attached hydrogens (tertiary/aromatic N) is 3. The molecule has 3 aromatic heterocycles. The molecule has 2 bridgehead atoms. The lowest BCUT2D eigenvalue weighted by molar-refractivity contribution is 0.484. The van der Waals surface area contributed by atoms with Crippen LogP contribution in [0, 0.1) is 0 Å². The number of fused-ring (bicyclic) bond motifs is 10. The van der Waals surface area contributed by atoms with Gasteiger partial charge >= 0.3 is 0 Å². The largest absolute Gasteiger partial charge is 0.299 e. The van der Waals surface area contributed by atoms with Gasteiger partial charge in [0, 0.05) is 28.9 Å². The van der Waals surface area contributed by atoms with Gasteiger partial charge in [0.15, 0.2) is 0 Å². The molecule has 1 fully saturated rings. The summed E-state index contributed by atoms with van der Waals surface area (Å²) in [5, 5.41) is 2.35. The van der Waals surface area contributed by atoms with Gasteiger partial charge in [0.2, 0.25) is 0 Å². The van der Waals surface area contributed by atoms with E-state index in [9.17, 15) is 0 Å². The molecule has 0 amide bonds. The molecule has 2 atom stereocenters. The van der Waals surface area contributed by atoms with Crippen molar-refractivity contribution in [3.05, 3.63) is 53.5 Å². The Morgan fingerprint density at radius 2 is 1.71 bits per heavy atom. The summed E-state index contributed by atoms with van der Waals surface area (Å²) in [7, 11) is 0. The average molecular weight is 370 g/mol. The summed E-state index contributed by atoms with van der Waals surface area (Å²) in [5.41, 5.74) is 8.29. The van der Waals surface area contributed by atoms with Crippen LogP contribution < -0.4 is 0 Å². The fourth-order valence-electron chi connectivity index (χ4n) is 5.89. The Balaban J connectivity index is 1.65. The van der Waals surface area contributed by atoms with Gasteiger partial charge in [-0.3, -0.25) is 9.38 Å². The standard InChI is InChI=1S/C25H27N3/c1-23(2,3)21-10-15-6-9-28-20-12-18-17(24(4)7-8-25(18,5)14-24)11-19(20)27-22(28)16(15)13-26-21/h6,9-13H,7-8,14H2,1-5H3. The van der Waals surface area contributed by atoms with Crippen LogP contribution in [0.2, 0.25) is 0 Å². The SMILES string of the molecule is CC(C)(C)c1cc2ccn3c4cc5c(cc4nc3c2cn1)C1(C)CCC5(C)C1. The normalized spacial score (nSPS) is 26.6. The first-order chi connectivity index (χ1) is 13.2. The fraction of sp³-hybridized carbons (Fsp3) is 0.440. The maximum absolute atomic E-state index is 5.07. The van der Waals surface area contributed by atoms with Crippen molar-refractivity contribution in [1.29, 1.82) is 0 Å². The zero-order valence-electron chi connectivity index (χ0n) is 17.4. The van der Waals surface area contributed by atoms with Crippen molar-refractivity contribution in [2.45, 2.75) is 70.1 Å². The Bertz CT molecular complexity index is 1310. The summed E-state index contributed by atoms with van der Waals surface area (Å²) in [6, 6.07) is 9.24. The van der Waals surface area contributed by atoms with Gasteiger partial charge in [-0.1, -0.05) is 34.6 Å². The molecule has 0 N–H and O–H groups in total. The third-order valence-electron chi connectivity index (χ3n) is 7.49. The van der Waals surface area contributed by atoms with Crippen LogP contribution in [0.4, 0.5) is 0 Å². The van der Waals surface area contributed by atoms with Gasteiger partial charge in [-0.05, 0) is 70.9 Å². The highest BCUT2D eigenvalue weighted by molar-refractivity contribution is 5.98. The number of aromatic nitrogens is 3. The summed E-state index contributed by atoms with van der Waals surface area (Å²) in [6.45, 7) is 11.5. The van der Waals surface area contributed by atoms with Crippen LogP contribution in [0.25, 0.3) is 27.5 Å². The minimum atomic E-state index is 0.0470. The van der Waals surface area contributed by atoms with Crippen LogP contribution in [0.3, 0.4) is 0 Å². The van der Waals surface area contributed by atoms with E-state index >= 15 is 0 Å². The molecule has 3 heteroatoms. The van der Waals surface area contributed by atoms with Gasteiger partial charge in [-0.2, -0.15) is 0 Å². The molecule has 2 aliphatic carbocycles. The Labute approximate surface area is 165 Å². The second-order valence-electron chi connectivity index (χ2n) is 10.7. The smallest absolute Gasteiger partial charge is 0.147 e. The molecule has 0 aliphatic heterocycles. The van der Waals surface area contributed by atoms with Crippen molar-refractivity contribution in [3.8, 4) is 0 Å². The second kappa shape index (κ2) is 4.76. The van der Waals surface area contributed by atoms with Gasteiger partial charge in [0.25, 0.3) is 0 Å². The summed E-state index contributed by atoms with van der Waals surface area (Å²) in [5.74, 6) is 0. The third kappa shape index (κ3) is 1.95. The van der Waals surface area contributed by atoms with Gasteiger partial charge in [0.05, 0.1) is 11.0 Å². The van der Waals surface area contributed by atoms with Gasteiger partial charge in [-0.25, -0.2) is 4.98 Å². The Morgan fingerprint density at radius 3 is 2.43 bits per heavy atom. The first-order valence-corrected chi connectivity index (χ1v) is 10.4. The first-order valence-electron chi connectivity index (χ1n) is 10.4. The van der Waals surface area contributed by atoms with E-state index in [1.54, 1.807) is 5.56 Å². The quantitative estimate of drug-likeness (QED) is 0.378. The molecule has 4 aromatic rings. The number of hydrogen-bond acceptors (Lipinski definition) is 2. The molecule has 0 radical (unpaired) electrons. The minimum absolute atomic E-state index is 0.0470. The summed E-state index contributed by atoms with van der Waals surface area (Å²) in [6.07, 6.45) is 8.09. The number of benzene rings is 1. The number of pyridine rings is 2. The molecule has 1 aromatic carbocycles. The maximum atomic E-state index is 5.07. The van der Waals surface area contributed by atoms with Crippen LogP contribution in [0.5, 0.6) is 0 Å². The van der Waals surface area contributed by atoms with E-state index in [0.29, 0.717) is 10.8 Å². The maximum Gasteiger partial charge on any atom is 0.147 e. The molecule has 28 heavy (non-hydrogen) atoms. The first kappa shape index (κ1) is 16.5. The van der Waals surface area contributed by atoms with Crippen molar-refractivity contribution < 1.29 is 0 Å². The zero-order valence-corrected chi connectivity index (χ0v) is 17.4. The van der Waals surface area contributed by atoms with Crippen LogP contribution >= 0.6 is 0 Å². The minimum Gasteiger partial charge on any atom is -0.299 e. The van der Waals surface area contributed by atoms with E-state index in [-0.39, 0.29) is 5.41 Å². The fourth-order valence-corrected chi connectivity index (χ4v) is 5.89. The molecule has 3 nitrogen and oxygen atoms in total. The molecular weight excluding hydrogens is 342 g/mol. The summed E-state index contributed by atoms with van der Waals surface area (Å²) >= 11 is 0. The molecular formula is C25H27N3. The van der Waals surface area contributed by atoms with Crippen LogP contribution in [0.15, 0.2) is 36.7 Å². The van der Waals surface area contributed by atoms with Gasteiger partial charge in [0.1, 0.15) is 5.65 Å². The Morgan fingerprint density at radius 1 is 1.00 bits per heavy atom. The zero-order chi connectivity index (χ0) is 19.5. The van der Waals surface area contributed by atoms with Crippen LogP contribution in [-0.2, 0) is 16.2 Å². The van der Waals surface area contributed by atoms with Crippen LogP contribution in [0.1, 0.15) is 70.7 Å². The highest BCUT2D eigenvalue weighted by atomic mass is 15.0. The monoisotopic (exact) mass is 369 g/mol. The molecule has 2 aliphatic rings. The molecule has 2 unspecified atom stereocenters. The van der Waals surface area contributed by atoms with Crippen molar-refractivity contribution in [3.63, 3.8) is 0 Å². The molecule has 1 saturated carbocycles. The highest BCUT2D eigenvalue weighted by Gasteiger charge is 2.53. The predicted molar refractivity (Wildman–Crippen MR) is 115 cm³/mol. The van der Waals surface area contributed by atoms with Crippen molar-refractivity contribution in [1.82, 2.24) is 14.4 Å². The average Bonchev–Trinajstić information content (AvgIpc) is 3.23. The number of hydrogen-bond donors (Lipinski definition) is 0. The topological polar surface area (TPSA) is 30.2 Å². The van der Waals surface area contributed by atoms with Gasteiger partial charge in [-0.15, -0.1) is 0 Å². The summed E-state index contributed by atoms with van der Waals surface area (Å²) < 4.78 is 2.26. The predicted octanol–water partition coefficient (Wildman–Crippen LogP) is 6.05. The molecule has 0 saturated heterocycles. The lowest BCUT2D eigenvalue weighted by atomic mass is 9.78. The summed E-state index contributed by atoms with van der Waals surface area (Å²) in [4.78, 5) is 9.84.